The Morgan fingerprint density at radius 1 is 1.54 bits per heavy atom. The molecule has 0 fully saturated rings. The van der Waals surface area contributed by atoms with Crippen LogP contribution >= 0.6 is 0 Å². The Morgan fingerprint density at radius 3 is 2.77 bits per heavy atom. The van der Waals surface area contributed by atoms with E-state index in [0.717, 1.165) is 18.8 Å². The first-order valence-electron chi connectivity index (χ1n) is 4.25. The van der Waals surface area contributed by atoms with Gasteiger partial charge in [-0.05, 0) is 13.3 Å². The molecule has 0 atom stereocenters. The van der Waals surface area contributed by atoms with E-state index in [9.17, 15) is 4.79 Å². The van der Waals surface area contributed by atoms with Gasteiger partial charge in [-0.3, -0.25) is 4.79 Å². The van der Waals surface area contributed by atoms with Crippen molar-refractivity contribution in [3.63, 3.8) is 0 Å². The van der Waals surface area contributed by atoms with E-state index in [0.29, 0.717) is 5.82 Å². The fourth-order valence-corrected chi connectivity index (χ4v) is 1.21. The smallest absolute Gasteiger partial charge is 0.311 e. The average Bonchev–Trinajstić information content (AvgIpc) is 2.35. The Kier molecular flexibility index (Phi) is 3.00. The molecule has 0 aliphatic carbocycles. The molecule has 0 radical (unpaired) electrons. The van der Waals surface area contributed by atoms with Crippen LogP contribution in [-0.4, -0.2) is 25.8 Å². The monoisotopic (exact) mass is 183 g/mol. The summed E-state index contributed by atoms with van der Waals surface area (Å²) < 4.78 is 1.84. The summed E-state index contributed by atoms with van der Waals surface area (Å²) in [6.45, 7) is 4.64. The fraction of sp³-hybridized carbons (Fsp3) is 0.625. The fourth-order valence-electron chi connectivity index (χ4n) is 1.21. The molecule has 1 rings (SSSR count). The SMILES string of the molecule is CCCn1c(C)nnc1CC(=O)O. The number of hydrogen-bond donors (Lipinski definition) is 1. The second kappa shape index (κ2) is 4.02. The van der Waals surface area contributed by atoms with E-state index < -0.39 is 5.97 Å². The first-order chi connectivity index (χ1) is 6.15. The minimum Gasteiger partial charge on any atom is -0.481 e. The van der Waals surface area contributed by atoms with Crippen LogP contribution in [0.3, 0.4) is 0 Å². The highest BCUT2D eigenvalue weighted by Gasteiger charge is 2.10. The number of aromatic nitrogens is 3. The van der Waals surface area contributed by atoms with Gasteiger partial charge in [-0.2, -0.15) is 0 Å². The maximum absolute atomic E-state index is 10.5. The van der Waals surface area contributed by atoms with Crippen molar-refractivity contribution in [2.45, 2.75) is 33.2 Å². The lowest BCUT2D eigenvalue weighted by molar-refractivity contribution is -0.136. The Hall–Kier alpha value is -1.39. The van der Waals surface area contributed by atoms with Crippen molar-refractivity contribution in [1.29, 1.82) is 0 Å². The zero-order chi connectivity index (χ0) is 9.84. The second-order valence-electron chi connectivity index (χ2n) is 2.89. The van der Waals surface area contributed by atoms with Crippen LogP contribution in [0.1, 0.15) is 25.0 Å². The Balaban J connectivity index is 2.86. The molecule has 72 valence electrons. The molecule has 0 saturated carbocycles. The number of aliphatic carboxylic acids is 1. The third-order valence-electron chi connectivity index (χ3n) is 1.77. The van der Waals surface area contributed by atoms with Crippen LogP contribution in [0.15, 0.2) is 0 Å². The van der Waals surface area contributed by atoms with Gasteiger partial charge in [0.05, 0.1) is 0 Å². The zero-order valence-corrected chi connectivity index (χ0v) is 7.82. The predicted molar refractivity (Wildman–Crippen MR) is 46.4 cm³/mol. The number of hydrogen-bond acceptors (Lipinski definition) is 3. The second-order valence-corrected chi connectivity index (χ2v) is 2.89. The summed E-state index contributed by atoms with van der Waals surface area (Å²) in [6, 6.07) is 0. The number of rotatable bonds is 4. The summed E-state index contributed by atoms with van der Waals surface area (Å²) >= 11 is 0. The third-order valence-corrected chi connectivity index (χ3v) is 1.77. The molecule has 0 saturated heterocycles. The molecule has 0 aromatic carbocycles. The standard InChI is InChI=1S/C8H13N3O2/c1-3-4-11-6(2)9-10-7(11)5-8(12)13/h3-5H2,1-2H3,(H,12,13). The summed E-state index contributed by atoms with van der Waals surface area (Å²) in [6.07, 6.45) is 0.895. The van der Waals surface area contributed by atoms with Gasteiger partial charge >= 0.3 is 5.97 Å². The molecule has 0 amide bonds. The van der Waals surface area contributed by atoms with Gasteiger partial charge in [-0.15, -0.1) is 10.2 Å². The van der Waals surface area contributed by atoms with Crippen LogP contribution in [0.4, 0.5) is 0 Å². The lowest BCUT2D eigenvalue weighted by atomic mass is 10.4. The van der Waals surface area contributed by atoms with Crippen molar-refractivity contribution in [3.8, 4) is 0 Å². The number of carboxylic acids is 1. The third kappa shape index (κ3) is 2.27. The molecule has 0 spiro atoms. The van der Waals surface area contributed by atoms with Crippen LogP contribution < -0.4 is 0 Å². The van der Waals surface area contributed by atoms with Crippen LogP contribution in [0.25, 0.3) is 0 Å². The first-order valence-corrected chi connectivity index (χ1v) is 4.25. The largest absolute Gasteiger partial charge is 0.481 e. The highest BCUT2D eigenvalue weighted by molar-refractivity contribution is 5.69. The highest BCUT2D eigenvalue weighted by Crippen LogP contribution is 2.03. The van der Waals surface area contributed by atoms with E-state index in [1.165, 1.54) is 0 Å². The first kappa shape index (κ1) is 9.70. The van der Waals surface area contributed by atoms with Crippen LogP contribution in [-0.2, 0) is 17.8 Å². The van der Waals surface area contributed by atoms with E-state index >= 15 is 0 Å². The number of carboxylic acid groups (broad SMARTS) is 1. The minimum atomic E-state index is -0.871. The van der Waals surface area contributed by atoms with Gasteiger partial charge in [0.2, 0.25) is 0 Å². The van der Waals surface area contributed by atoms with Crippen molar-refractivity contribution in [3.05, 3.63) is 11.6 Å². The summed E-state index contributed by atoms with van der Waals surface area (Å²) in [5, 5.41) is 16.2. The van der Waals surface area contributed by atoms with E-state index in [1.807, 2.05) is 18.4 Å². The summed E-state index contributed by atoms with van der Waals surface area (Å²) in [7, 11) is 0. The highest BCUT2D eigenvalue weighted by atomic mass is 16.4. The molecule has 1 aromatic rings. The Bertz CT molecular complexity index is 306. The lowest BCUT2D eigenvalue weighted by Gasteiger charge is -2.04. The maximum atomic E-state index is 10.5. The summed E-state index contributed by atoms with van der Waals surface area (Å²) in [5.74, 6) is 0.440. The molecule has 0 bridgehead atoms. The topological polar surface area (TPSA) is 68.0 Å². The average molecular weight is 183 g/mol. The van der Waals surface area contributed by atoms with Crippen LogP contribution in [0.2, 0.25) is 0 Å². The van der Waals surface area contributed by atoms with E-state index in [1.54, 1.807) is 0 Å². The van der Waals surface area contributed by atoms with Gasteiger partial charge in [-0.25, -0.2) is 0 Å². The van der Waals surface area contributed by atoms with Gasteiger partial charge in [-0.1, -0.05) is 6.92 Å². The number of nitrogens with zero attached hydrogens (tertiary/aromatic N) is 3. The van der Waals surface area contributed by atoms with Crippen LogP contribution in [0, 0.1) is 6.92 Å². The molecule has 1 N–H and O–H groups in total. The van der Waals surface area contributed by atoms with E-state index in [-0.39, 0.29) is 6.42 Å². The lowest BCUT2D eigenvalue weighted by Crippen LogP contribution is -2.10. The Labute approximate surface area is 76.4 Å². The molecular weight excluding hydrogens is 170 g/mol. The quantitative estimate of drug-likeness (QED) is 0.743. The van der Waals surface area contributed by atoms with Crippen LogP contribution in [0.5, 0.6) is 0 Å². The van der Waals surface area contributed by atoms with Crippen molar-refractivity contribution >= 4 is 5.97 Å². The zero-order valence-electron chi connectivity index (χ0n) is 7.82. The number of aryl methyl sites for hydroxylation is 1. The molecule has 1 heterocycles. The van der Waals surface area contributed by atoms with Crippen molar-refractivity contribution in [2.75, 3.05) is 0 Å². The normalized spacial score (nSPS) is 10.3. The molecule has 5 nitrogen and oxygen atoms in total. The van der Waals surface area contributed by atoms with Crippen molar-refractivity contribution in [2.24, 2.45) is 0 Å². The van der Waals surface area contributed by atoms with Crippen molar-refractivity contribution < 1.29 is 9.90 Å². The summed E-state index contributed by atoms with van der Waals surface area (Å²) in [4.78, 5) is 10.5. The molecule has 13 heavy (non-hydrogen) atoms. The van der Waals surface area contributed by atoms with E-state index in [4.69, 9.17) is 5.11 Å². The maximum Gasteiger partial charge on any atom is 0.311 e. The van der Waals surface area contributed by atoms with Gasteiger partial charge in [0.25, 0.3) is 0 Å². The Morgan fingerprint density at radius 2 is 2.23 bits per heavy atom. The molecule has 0 aliphatic rings. The molecule has 0 aliphatic heterocycles. The number of carbonyl (C=O) groups is 1. The van der Waals surface area contributed by atoms with Gasteiger partial charge in [0, 0.05) is 6.54 Å². The van der Waals surface area contributed by atoms with Gasteiger partial charge in [0.15, 0.2) is 0 Å². The molecule has 1 aromatic heterocycles. The molecule has 5 heteroatoms. The predicted octanol–water partition coefficient (Wildman–Crippen LogP) is 0.624. The van der Waals surface area contributed by atoms with Crippen molar-refractivity contribution in [1.82, 2.24) is 14.8 Å². The molecule has 0 unspecified atom stereocenters. The minimum absolute atomic E-state index is 0.0547. The van der Waals surface area contributed by atoms with E-state index in [2.05, 4.69) is 10.2 Å². The summed E-state index contributed by atoms with van der Waals surface area (Å²) in [5.41, 5.74) is 0. The van der Waals surface area contributed by atoms with Gasteiger partial charge < -0.3 is 9.67 Å². The van der Waals surface area contributed by atoms with Gasteiger partial charge in [0.1, 0.15) is 18.1 Å². The molecular formula is C8H13N3O2.